The van der Waals surface area contributed by atoms with Crippen molar-refractivity contribution in [3.8, 4) is 0 Å². The van der Waals surface area contributed by atoms with Crippen LogP contribution >= 0.6 is 7.92 Å². The smallest absolute Gasteiger partial charge is 0.358 e. The van der Waals surface area contributed by atoms with E-state index in [1.165, 1.54) is 44.7 Å². The molecule has 0 spiro atoms. The second-order valence-corrected chi connectivity index (χ2v) is 7.19. The maximum atomic E-state index is 3.75. The van der Waals surface area contributed by atoms with Crippen LogP contribution < -0.4 is 0 Å². The van der Waals surface area contributed by atoms with Crippen molar-refractivity contribution in [1.29, 1.82) is 0 Å². The van der Waals surface area contributed by atoms with Gasteiger partial charge in [0.05, 0.1) is 0 Å². The maximum Gasteiger partial charge on any atom is 3.00 e. The Morgan fingerprint density at radius 3 is 1.59 bits per heavy atom. The number of hydrogen-bond acceptors (Lipinski definition) is 0. The second kappa shape index (κ2) is 21.9. The van der Waals surface area contributed by atoms with Crippen molar-refractivity contribution in [2.75, 3.05) is 19.5 Å². The fraction of sp³-hybridized carbons (Fsp3) is 0.667. The van der Waals surface area contributed by atoms with Crippen LogP contribution in [-0.2, 0) is 16.8 Å². The zero-order valence-electron chi connectivity index (χ0n) is 12.4. The molecule has 0 aliphatic heterocycles. The summed E-state index contributed by atoms with van der Waals surface area (Å²) in [5.41, 5.74) is 0. The van der Waals surface area contributed by atoms with E-state index in [1.807, 2.05) is 0 Å². The van der Waals surface area contributed by atoms with Crippen molar-refractivity contribution >= 4 is 7.92 Å². The summed E-state index contributed by atoms with van der Waals surface area (Å²) < 4.78 is 0. The van der Waals surface area contributed by atoms with Crippen LogP contribution in [0.1, 0.15) is 44.9 Å². The Bertz CT molecular complexity index is 123. The minimum absolute atomic E-state index is 0. The average Bonchev–Trinajstić information content (AvgIpc) is 2.02. The Kier molecular flexibility index (Phi) is 33.9. The third kappa shape index (κ3) is 26.3. The molecular formula is C15H33CoP+. The van der Waals surface area contributed by atoms with Crippen LogP contribution in [-0.4, -0.2) is 19.5 Å². The molecule has 0 saturated heterocycles. The van der Waals surface area contributed by atoms with Crippen LogP contribution in [0.4, 0.5) is 0 Å². The first-order valence-electron chi connectivity index (χ1n) is 6.00. The monoisotopic (exact) mass is 303 g/mol. The summed E-state index contributed by atoms with van der Waals surface area (Å²) in [6.07, 6.45) is 15.5. The molecule has 0 aromatic carbocycles. The molecule has 1 aliphatic rings. The van der Waals surface area contributed by atoms with E-state index in [2.05, 4.69) is 32.4 Å². The van der Waals surface area contributed by atoms with Gasteiger partial charge < -0.3 is 21.8 Å². The standard InChI is InChI=1S/C8H14.C5H12P.2CH3.Co/c1-2-4-6-8-7-5-3-1;1-4-5-6(2)3;;;/h1-2H,3-8H2;1,4-5H2,2-3H3;2*1H3;/q;3*-1;+3/p+1. The Morgan fingerprint density at radius 2 is 1.35 bits per heavy atom. The van der Waals surface area contributed by atoms with E-state index in [9.17, 15) is 0 Å². The largest absolute Gasteiger partial charge is 3.00 e. The minimum Gasteiger partial charge on any atom is -0.358 e. The van der Waals surface area contributed by atoms with Crippen LogP contribution in [0, 0.1) is 21.8 Å². The molecular weight excluding hydrogens is 270 g/mol. The molecule has 0 radical (unpaired) electrons. The second-order valence-electron chi connectivity index (χ2n) is 4.27. The van der Waals surface area contributed by atoms with Gasteiger partial charge in [-0.3, -0.25) is 0 Å². The third-order valence-electron chi connectivity index (χ3n) is 2.34. The topological polar surface area (TPSA) is 0 Å². The molecule has 0 heterocycles. The summed E-state index contributed by atoms with van der Waals surface area (Å²) in [7, 11) is 0.0520. The Labute approximate surface area is 123 Å². The molecule has 0 aromatic rings. The van der Waals surface area contributed by atoms with Gasteiger partial charge >= 0.3 is 16.8 Å². The molecule has 0 amide bonds. The summed E-state index contributed by atoms with van der Waals surface area (Å²) in [6.45, 7) is 8.38. The van der Waals surface area contributed by atoms with Crippen LogP contribution in [0.3, 0.4) is 0 Å². The molecule has 0 atom stereocenters. The number of hydrogen-bond donors (Lipinski definition) is 0. The molecule has 0 saturated carbocycles. The summed E-state index contributed by atoms with van der Waals surface area (Å²) in [5.74, 6) is 0. The van der Waals surface area contributed by atoms with Crippen LogP contribution in [0.2, 0.25) is 0 Å². The number of allylic oxidation sites excluding steroid dienone is 2. The van der Waals surface area contributed by atoms with Gasteiger partial charge in [0.25, 0.3) is 0 Å². The van der Waals surface area contributed by atoms with Crippen LogP contribution in [0.25, 0.3) is 0 Å². The normalized spacial score (nSPS) is 13.9. The Balaban J connectivity index is -0.0000000873. The van der Waals surface area contributed by atoms with E-state index in [-0.39, 0.29) is 39.6 Å². The van der Waals surface area contributed by atoms with Gasteiger partial charge in [-0.15, -0.1) is 6.42 Å². The van der Waals surface area contributed by atoms with E-state index in [1.54, 1.807) is 0 Å². The molecule has 0 fully saturated rings. The molecule has 0 aromatic heterocycles. The van der Waals surface area contributed by atoms with E-state index in [0.29, 0.717) is 0 Å². The van der Waals surface area contributed by atoms with Crippen molar-refractivity contribution in [2.45, 2.75) is 44.9 Å². The van der Waals surface area contributed by atoms with E-state index in [4.69, 9.17) is 0 Å². The van der Waals surface area contributed by atoms with E-state index < -0.39 is 0 Å². The zero-order chi connectivity index (χ0) is 10.6. The van der Waals surface area contributed by atoms with Crippen molar-refractivity contribution in [3.05, 3.63) is 33.9 Å². The molecule has 0 nitrogen and oxygen atoms in total. The van der Waals surface area contributed by atoms with E-state index >= 15 is 0 Å². The van der Waals surface area contributed by atoms with Gasteiger partial charge in [-0.25, -0.2) is 0 Å². The van der Waals surface area contributed by atoms with Gasteiger partial charge in [-0.05, 0) is 33.6 Å². The van der Waals surface area contributed by atoms with Gasteiger partial charge in [-0.2, -0.15) is 0 Å². The first-order valence-corrected chi connectivity index (χ1v) is 8.71. The van der Waals surface area contributed by atoms with Gasteiger partial charge in [0.15, 0.2) is 0 Å². The minimum atomic E-state index is 0. The molecule has 2 heteroatoms. The molecule has 0 N–H and O–H groups in total. The van der Waals surface area contributed by atoms with Gasteiger partial charge in [0.2, 0.25) is 0 Å². The molecule has 17 heavy (non-hydrogen) atoms. The SMILES string of the molecule is C1=CCCCCCC1.[CH2-]CC[PH+](C)C.[CH3-].[CH3-].[Co+3]. The predicted octanol–water partition coefficient (Wildman–Crippen LogP) is 5.48. The van der Waals surface area contributed by atoms with Gasteiger partial charge in [0.1, 0.15) is 0 Å². The predicted molar refractivity (Wildman–Crippen MR) is 84.7 cm³/mol. The van der Waals surface area contributed by atoms with Crippen molar-refractivity contribution in [3.63, 3.8) is 0 Å². The molecule has 1 aliphatic carbocycles. The fourth-order valence-corrected chi connectivity index (χ4v) is 2.17. The summed E-state index contributed by atoms with van der Waals surface area (Å²) in [4.78, 5) is 0. The molecule has 0 bridgehead atoms. The Morgan fingerprint density at radius 1 is 0.941 bits per heavy atom. The quantitative estimate of drug-likeness (QED) is 0.360. The molecule has 106 valence electrons. The first-order chi connectivity index (χ1) is 6.77. The van der Waals surface area contributed by atoms with Crippen molar-refractivity contribution in [1.82, 2.24) is 0 Å². The van der Waals surface area contributed by atoms with Gasteiger partial charge in [0, 0.05) is 19.5 Å². The van der Waals surface area contributed by atoms with E-state index in [0.717, 1.165) is 6.42 Å². The van der Waals surface area contributed by atoms with Crippen LogP contribution in [0.5, 0.6) is 0 Å². The summed E-state index contributed by atoms with van der Waals surface area (Å²) in [5, 5.41) is 0. The number of rotatable bonds is 2. The maximum absolute atomic E-state index is 3.75. The van der Waals surface area contributed by atoms with Crippen molar-refractivity contribution in [2.24, 2.45) is 0 Å². The first kappa shape index (κ1) is 26.3. The van der Waals surface area contributed by atoms with Crippen LogP contribution in [0.15, 0.2) is 12.2 Å². The Hall–Kier alpha value is 0.676. The van der Waals surface area contributed by atoms with Gasteiger partial charge in [-0.1, -0.05) is 25.0 Å². The molecule has 1 rings (SSSR count). The average molecular weight is 303 g/mol. The van der Waals surface area contributed by atoms with Crippen molar-refractivity contribution < 1.29 is 16.8 Å². The fourth-order valence-electron chi connectivity index (χ4n) is 1.47. The third-order valence-corrected chi connectivity index (χ3v) is 3.69. The summed E-state index contributed by atoms with van der Waals surface area (Å²) in [6, 6.07) is 0. The summed E-state index contributed by atoms with van der Waals surface area (Å²) >= 11 is 0. The molecule has 0 unspecified atom stereocenters. The zero-order valence-corrected chi connectivity index (χ0v) is 14.4.